The van der Waals surface area contributed by atoms with Crippen LogP contribution in [0.5, 0.6) is 5.75 Å². The summed E-state index contributed by atoms with van der Waals surface area (Å²) in [6, 6.07) is 2.33. The molecule has 1 aliphatic rings. The van der Waals surface area contributed by atoms with Gasteiger partial charge in [0.1, 0.15) is 23.9 Å². The van der Waals surface area contributed by atoms with Crippen LogP contribution in [0.3, 0.4) is 0 Å². The second-order valence-electron chi connectivity index (χ2n) is 8.16. The first-order valence-corrected chi connectivity index (χ1v) is 12.4. The minimum absolute atomic E-state index is 0.0684. The summed E-state index contributed by atoms with van der Waals surface area (Å²) in [5.74, 6) is -1.67. The summed E-state index contributed by atoms with van der Waals surface area (Å²) < 4.78 is 0. The largest absolute Gasteiger partial charge is 0.508 e. The Hall–Kier alpha value is -2.83. The van der Waals surface area contributed by atoms with Crippen molar-refractivity contribution in [1.29, 1.82) is 0 Å². The van der Waals surface area contributed by atoms with Crippen LogP contribution in [0.25, 0.3) is 0 Å². The third-order valence-corrected chi connectivity index (χ3v) is 6.29. The van der Waals surface area contributed by atoms with E-state index in [0.29, 0.717) is 30.6 Å². The molecule has 0 saturated carbocycles. The molecule has 2 rings (SSSR count). The number of phenols is 1. The molecule has 34 heavy (non-hydrogen) atoms. The first-order valence-electron chi connectivity index (χ1n) is 11.0. The number of nitrogens with two attached hydrogens (primary N) is 2. The monoisotopic (exact) mass is 495 g/mol. The van der Waals surface area contributed by atoms with Gasteiger partial charge in [-0.3, -0.25) is 19.2 Å². The molecule has 1 fully saturated rings. The third-order valence-electron chi connectivity index (χ3n) is 5.64. The lowest BCUT2D eigenvalue weighted by Gasteiger charge is -2.30. The summed E-state index contributed by atoms with van der Waals surface area (Å²) in [4.78, 5) is 51.7. The van der Waals surface area contributed by atoms with E-state index in [0.717, 1.165) is 0 Å². The van der Waals surface area contributed by atoms with Gasteiger partial charge in [0.2, 0.25) is 23.6 Å². The Morgan fingerprint density at radius 2 is 1.85 bits per heavy atom. The minimum atomic E-state index is -1.26. The van der Waals surface area contributed by atoms with Crippen molar-refractivity contribution >= 4 is 35.4 Å². The Balaban J connectivity index is 2.20. The Labute approximate surface area is 202 Å². The maximum Gasteiger partial charge on any atom is 0.246 e. The number of aromatic hydroxyl groups is 1. The van der Waals surface area contributed by atoms with Gasteiger partial charge >= 0.3 is 0 Å². The quantitative estimate of drug-likeness (QED) is 0.201. The molecule has 0 radical (unpaired) electrons. The molecule has 4 atom stereocenters. The first-order chi connectivity index (χ1) is 16.2. The highest BCUT2D eigenvalue weighted by atomic mass is 32.2. The van der Waals surface area contributed by atoms with Crippen molar-refractivity contribution in [3.05, 3.63) is 29.8 Å². The van der Waals surface area contributed by atoms with E-state index in [4.69, 9.17) is 11.5 Å². The topological polar surface area (TPSA) is 188 Å². The van der Waals surface area contributed by atoms with Crippen LogP contribution in [-0.4, -0.2) is 88.1 Å². The van der Waals surface area contributed by atoms with Gasteiger partial charge in [-0.2, -0.15) is 11.8 Å². The maximum atomic E-state index is 13.5. The fraction of sp³-hybridized carbons (Fsp3) is 0.545. The smallest absolute Gasteiger partial charge is 0.246 e. The number of likely N-dealkylation sites (tertiary alicyclic amines) is 1. The molecule has 0 unspecified atom stereocenters. The minimum Gasteiger partial charge on any atom is -0.508 e. The average molecular weight is 496 g/mol. The molecule has 1 aromatic rings. The van der Waals surface area contributed by atoms with Crippen LogP contribution in [0.4, 0.5) is 0 Å². The standard InChI is InChI=1S/C22H33N5O6S/c1-34-10-8-15(23)20(31)25-16(11-13-4-6-14(29)7-5-13)22(33)27-9-2-3-18(27)21(32)26-17(12-28)19(24)30/h4-7,15-18,28-29H,2-3,8-12,23H2,1H3,(H2,24,30)(H,25,31)(H,26,32)/t15-,16-,17-,18+/m0/s1. The molecule has 4 amide bonds. The fourth-order valence-electron chi connectivity index (χ4n) is 3.70. The SMILES string of the molecule is CSCC[C@H](N)C(=O)N[C@@H](Cc1ccc(O)cc1)C(=O)N1CCC[C@@H]1C(=O)N[C@@H](CO)C(N)=O. The van der Waals surface area contributed by atoms with Gasteiger partial charge in [-0.1, -0.05) is 12.1 Å². The Kier molecular flexibility index (Phi) is 10.6. The number of thioether (sulfide) groups is 1. The summed E-state index contributed by atoms with van der Waals surface area (Å²) in [5, 5.41) is 23.9. The van der Waals surface area contributed by atoms with E-state index in [1.165, 1.54) is 17.0 Å². The summed E-state index contributed by atoms with van der Waals surface area (Å²) in [6.07, 6.45) is 3.39. The Morgan fingerprint density at radius 1 is 1.18 bits per heavy atom. The zero-order valence-corrected chi connectivity index (χ0v) is 19.9. The summed E-state index contributed by atoms with van der Waals surface area (Å²) in [5.41, 5.74) is 11.9. The maximum absolute atomic E-state index is 13.5. The molecule has 1 heterocycles. The number of nitrogens with zero attached hydrogens (tertiary/aromatic N) is 1. The van der Waals surface area contributed by atoms with Crippen LogP contribution in [-0.2, 0) is 25.6 Å². The lowest BCUT2D eigenvalue weighted by atomic mass is 10.0. The predicted octanol–water partition coefficient (Wildman–Crippen LogP) is -1.55. The first kappa shape index (κ1) is 27.4. The van der Waals surface area contributed by atoms with Gasteiger partial charge in [-0.05, 0) is 49.0 Å². The molecule has 0 aromatic heterocycles. The van der Waals surface area contributed by atoms with E-state index in [2.05, 4.69) is 10.6 Å². The average Bonchev–Trinajstić information content (AvgIpc) is 3.31. The number of carbonyl (C=O) groups excluding carboxylic acids is 4. The fourth-order valence-corrected chi connectivity index (χ4v) is 4.19. The van der Waals surface area contributed by atoms with Gasteiger partial charge in [0.15, 0.2) is 0 Å². The highest BCUT2D eigenvalue weighted by Crippen LogP contribution is 2.20. The predicted molar refractivity (Wildman–Crippen MR) is 128 cm³/mol. The second-order valence-corrected chi connectivity index (χ2v) is 9.14. The van der Waals surface area contributed by atoms with Gasteiger partial charge in [0.25, 0.3) is 0 Å². The zero-order chi connectivity index (χ0) is 25.3. The molecule has 0 spiro atoms. The number of hydrogen-bond acceptors (Lipinski definition) is 8. The van der Waals surface area contributed by atoms with Crippen LogP contribution in [0.2, 0.25) is 0 Å². The van der Waals surface area contributed by atoms with E-state index in [9.17, 15) is 29.4 Å². The van der Waals surface area contributed by atoms with Crippen molar-refractivity contribution in [3.8, 4) is 5.75 Å². The van der Waals surface area contributed by atoms with E-state index >= 15 is 0 Å². The molecule has 11 nitrogen and oxygen atoms in total. The van der Waals surface area contributed by atoms with Crippen LogP contribution in [0, 0.1) is 0 Å². The van der Waals surface area contributed by atoms with Crippen LogP contribution >= 0.6 is 11.8 Å². The number of amides is 4. The number of phenolic OH excluding ortho intramolecular Hbond substituents is 1. The van der Waals surface area contributed by atoms with E-state index in [1.54, 1.807) is 23.9 Å². The van der Waals surface area contributed by atoms with Crippen LogP contribution in [0.1, 0.15) is 24.8 Å². The summed E-state index contributed by atoms with van der Waals surface area (Å²) >= 11 is 1.56. The number of primary amides is 1. The normalized spacial score (nSPS) is 18.1. The number of hydrogen-bond donors (Lipinski definition) is 6. The van der Waals surface area contributed by atoms with Crippen molar-refractivity contribution in [2.45, 2.75) is 49.9 Å². The Bertz CT molecular complexity index is 868. The van der Waals surface area contributed by atoms with Crippen molar-refractivity contribution in [1.82, 2.24) is 15.5 Å². The van der Waals surface area contributed by atoms with E-state index in [1.807, 2.05) is 6.26 Å². The number of rotatable bonds is 12. The van der Waals surface area contributed by atoms with E-state index < -0.39 is 54.4 Å². The number of carbonyl (C=O) groups is 4. The van der Waals surface area contributed by atoms with Gasteiger partial charge in [0.05, 0.1) is 12.6 Å². The molecule has 8 N–H and O–H groups in total. The van der Waals surface area contributed by atoms with Gasteiger partial charge in [-0.15, -0.1) is 0 Å². The molecule has 12 heteroatoms. The number of aliphatic hydroxyl groups is 1. The van der Waals surface area contributed by atoms with Gasteiger partial charge in [0, 0.05) is 13.0 Å². The molecular formula is C22H33N5O6S. The Morgan fingerprint density at radius 3 is 2.44 bits per heavy atom. The number of benzene rings is 1. The van der Waals surface area contributed by atoms with Crippen LogP contribution in [0.15, 0.2) is 24.3 Å². The molecule has 188 valence electrons. The second kappa shape index (κ2) is 13.2. The van der Waals surface area contributed by atoms with E-state index in [-0.39, 0.29) is 18.7 Å². The lowest BCUT2D eigenvalue weighted by molar-refractivity contribution is -0.142. The summed E-state index contributed by atoms with van der Waals surface area (Å²) in [6.45, 7) is -0.368. The van der Waals surface area contributed by atoms with Gasteiger partial charge in [-0.25, -0.2) is 0 Å². The molecule has 1 aromatic carbocycles. The number of nitrogens with one attached hydrogen (secondary N) is 2. The van der Waals surface area contributed by atoms with Crippen LogP contribution < -0.4 is 22.1 Å². The molecular weight excluding hydrogens is 462 g/mol. The third kappa shape index (κ3) is 7.61. The summed E-state index contributed by atoms with van der Waals surface area (Å²) in [7, 11) is 0. The molecule has 0 aliphatic carbocycles. The number of aliphatic hydroxyl groups excluding tert-OH is 1. The van der Waals surface area contributed by atoms with Crippen molar-refractivity contribution in [3.63, 3.8) is 0 Å². The zero-order valence-electron chi connectivity index (χ0n) is 19.1. The lowest BCUT2D eigenvalue weighted by Crippen LogP contribution is -2.58. The molecule has 1 saturated heterocycles. The van der Waals surface area contributed by atoms with Gasteiger partial charge < -0.3 is 37.2 Å². The molecule has 1 aliphatic heterocycles. The highest BCUT2D eigenvalue weighted by molar-refractivity contribution is 7.98. The van der Waals surface area contributed by atoms with Crippen molar-refractivity contribution < 1.29 is 29.4 Å². The molecule has 0 bridgehead atoms. The highest BCUT2D eigenvalue weighted by Gasteiger charge is 2.39. The van der Waals surface area contributed by atoms with Crippen molar-refractivity contribution in [2.24, 2.45) is 11.5 Å². The van der Waals surface area contributed by atoms with Crippen molar-refractivity contribution in [2.75, 3.05) is 25.2 Å².